The lowest BCUT2D eigenvalue weighted by molar-refractivity contribution is -0.174. The van der Waals surface area contributed by atoms with Crippen molar-refractivity contribution < 1.29 is 24.9 Å². The van der Waals surface area contributed by atoms with Crippen molar-refractivity contribution in [1.29, 1.82) is 0 Å². The number of ether oxygens (including phenoxy) is 1. The number of carbonyl (C=O) groups is 1. The highest BCUT2D eigenvalue weighted by atomic mass is 16.5. The molecule has 1 saturated heterocycles. The van der Waals surface area contributed by atoms with Gasteiger partial charge >= 0.3 is 0 Å². The van der Waals surface area contributed by atoms with Gasteiger partial charge in [-0.15, -0.1) is 0 Å². The number of aliphatic hydroxyl groups is 3. The van der Waals surface area contributed by atoms with E-state index in [4.69, 9.17) is 4.74 Å². The van der Waals surface area contributed by atoms with Crippen molar-refractivity contribution in [3.63, 3.8) is 0 Å². The summed E-state index contributed by atoms with van der Waals surface area (Å²) in [4.78, 5) is 13.3. The Morgan fingerprint density at radius 2 is 1.81 bits per heavy atom. The topological polar surface area (TPSA) is 87.0 Å². The summed E-state index contributed by atoms with van der Waals surface area (Å²) >= 11 is 0. The molecule has 0 radical (unpaired) electrons. The number of carbonyl (C=O) groups excluding carboxylic acids is 1. The molecule has 5 aliphatic rings. The molecule has 4 aliphatic carbocycles. The van der Waals surface area contributed by atoms with E-state index in [2.05, 4.69) is 20.8 Å². The maximum absolute atomic E-state index is 13.3. The van der Waals surface area contributed by atoms with Crippen molar-refractivity contribution in [1.82, 2.24) is 0 Å². The first-order valence-electron chi connectivity index (χ1n) is 13.1. The van der Waals surface area contributed by atoms with E-state index in [-0.39, 0.29) is 29.0 Å². The average Bonchev–Trinajstić information content (AvgIpc) is 3.16. The number of Topliss-reactive ketones (excluding diaryl/α,β-unsaturated/α-hetero) is 1. The summed E-state index contributed by atoms with van der Waals surface area (Å²) in [6, 6.07) is 0. The largest absolute Gasteiger partial charge is 0.390 e. The quantitative estimate of drug-likeness (QED) is 0.613. The van der Waals surface area contributed by atoms with Gasteiger partial charge in [-0.25, -0.2) is 0 Å². The molecule has 0 aromatic heterocycles. The summed E-state index contributed by atoms with van der Waals surface area (Å²) in [5, 5.41) is 31.0. The summed E-state index contributed by atoms with van der Waals surface area (Å²) in [7, 11) is 0. The fraction of sp³-hybridized carbons (Fsp3) is 0.963. The molecular formula is C27H44O5. The van der Waals surface area contributed by atoms with Crippen LogP contribution in [-0.2, 0) is 9.53 Å². The van der Waals surface area contributed by atoms with Gasteiger partial charge in [0.25, 0.3) is 0 Å². The van der Waals surface area contributed by atoms with E-state index in [1.54, 1.807) is 0 Å². The number of rotatable bonds is 3. The fourth-order valence-corrected chi connectivity index (χ4v) is 9.58. The third-order valence-electron chi connectivity index (χ3n) is 11.1. The molecule has 3 N–H and O–H groups in total. The molecule has 1 aliphatic heterocycles. The molecule has 32 heavy (non-hydrogen) atoms. The van der Waals surface area contributed by atoms with Crippen LogP contribution in [-0.4, -0.2) is 51.1 Å². The number of hydrogen-bond donors (Lipinski definition) is 3. The van der Waals surface area contributed by atoms with Gasteiger partial charge in [-0.2, -0.15) is 0 Å². The third kappa shape index (κ3) is 3.36. The molecule has 182 valence electrons. The number of aliphatic hydroxyl groups excluding tert-OH is 2. The van der Waals surface area contributed by atoms with E-state index in [1.807, 2.05) is 13.8 Å². The Labute approximate surface area is 193 Å². The van der Waals surface area contributed by atoms with Gasteiger partial charge in [0, 0.05) is 12.3 Å². The van der Waals surface area contributed by atoms with Gasteiger partial charge in [0.2, 0.25) is 0 Å². The molecule has 0 aromatic carbocycles. The molecule has 10 unspecified atom stereocenters. The minimum absolute atomic E-state index is 0.103. The molecule has 4 saturated carbocycles. The minimum Gasteiger partial charge on any atom is -0.390 e. The molecule has 0 spiro atoms. The van der Waals surface area contributed by atoms with Gasteiger partial charge in [-0.3, -0.25) is 4.79 Å². The van der Waals surface area contributed by atoms with Crippen molar-refractivity contribution in [3.05, 3.63) is 0 Å². The smallest absolute Gasteiger partial charge is 0.136 e. The Hall–Kier alpha value is -0.490. The van der Waals surface area contributed by atoms with Crippen molar-refractivity contribution in [2.24, 2.45) is 46.3 Å². The first-order chi connectivity index (χ1) is 14.8. The van der Waals surface area contributed by atoms with Gasteiger partial charge in [0.05, 0.1) is 30.0 Å². The zero-order valence-electron chi connectivity index (χ0n) is 20.6. The van der Waals surface area contributed by atoms with Crippen LogP contribution in [0.1, 0.15) is 86.0 Å². The van der Waals surface area contributed by atoms with Crippen LogP contribution in [0.25, 0.3) is 0 Å². The lowest BCUT2D eigenvalue weighted by Crippen LogP contribution is -2.59. The van der Waals surface area contributed by atoms with Crippen LogP contribution in [0, 0.1) is 46.3 Å². The Balaban J connectivity index is 1.37. The second-order valence-corrected chi connectivity index (χ2v) is 13.4. The Bertz CT molecular complexity index is 760. The second-order valence-electron chi connectivity index (χ2n) is 13.4. The molecule has 0 amide bonds. The zero-order chi connectivity index (χ0) is 23.2. The first-order valence-corrected chi connectivity index (χ1v) is 13.1. The monoisotopic (exact) mass is 448 g/mol. The van der Waals surface area contributed by atoms with Gasteiger partial charge in [-0.05, 0) is 99.2 Å². The molecule has 5 rings (SSSR count). The Kier molecular flexibility index (Phi) is 5.45. The fourth-order valence-electron chi connectivity index (χ4n) is 9.58. The van der Waals surface area contributed by atoms with Crippen molar-refractivity contribution in [2.45, 2.75) is 116 Å². The summed E-state index contributed by atoms with van der Waals surface area (Å²) in [6.07, 6.45) is 5.63. The molecule has 0 aromatic rings. The number of fused-ring (bicyclic) bond motifs is 7. The molecule has 5 nitrogen and oxygen atoms in total. The average molecular weight is 449 g/mol. The van der Waals surface area contributed by atoms with Gasteiger partial charge in [-0.1, -0.05) is 20.8 Å². The second kappa shape index (κ2) is 7.50. The van der Waals surface area contributed by atoms with Crippen molar-refractivity contribution in [2.75, 3.05) is 0 Å². The summed E-state index contributed by atoms with van der Waals surface area (Å²) in [5.74, 6) is 2.54. The Morgan fingerprint density at radius 1 is 1.09 bits per heavy atom. The lowest BCUT2D eigenvalue weighted by atomic mass is 9.44. The maximum atomic E-state index is 13.3. The maximum Gasteiger partial charge on any atom is 0.136 e. The van der Waals surface area contributed by atoms with Crippen molar-refractivity contribution >= 4 is 5.78 Å². The minimum atomic E-state index is -0.761. The summed E-state index contributed by atoms with van der Waals surface area (Å²) < 4.78 is 6.65. The predicted molar refractivity (Wildman–Crippen MR) is 122 cm³/mol. The van der Waals surface area contributed by atoms with E-state index < -0.39 is 17.8 Å². The van der Waals surface area contributed by atoms with E-state index >= 15 is 0 Å². The van der Waals surface area contributed by atoms with Gasteiger partial charge < -0.3 is 20.1 Å². The standard InChI is InChI=1S/C27H44O5/c1-14-22(7-8-25(2,3)31)32-23-12-17-15-10-19(28)18-11-20(29)21(30)13-27(18,5)16(15)6-9-26(17,4)24(14)23/h14-18,20-24,29-31H,6-13H2,1-5H3/t14-,15?,16?,17?,18-,20?,21?,22?,23?,24?,26?,27?/m1/s1. The lowest BCUT2D eigenvalue weighted by Gasteiger charge is -2.60. The van der Waals surface area contributed by atoms with Crippen LogP contribution in [0.3, 0.4) is 0 Å². The van der Waals surface area contributed by atoms with Crippen LogP contribution >= 0.6 is 0 Å². The molecular weight excluding hydrogens is 404 g/mol. The van der Waals surface area contributed by atoms with Gasteiger partial charge in [0.15, 0.2) is 0 Å². The van der Waals surface area contributed by atoms with Crippen LogP contribution < -0.4 is 0 Å². The van der Waals surface area contributed by atoms with Crippen LogP contribution in [0.4, 0.5) is 0 Å². The normalized spacial score (nSPS) is 55.2. The third-order valence-corrected chi connectivity index (χ3v) is 11.1. The molecule has 1 heterocycles. The van der Waals surface area contributed by atoms with Crippen molar-refractivity contribution in [3.8, 4) is 0 Å². The zero-order valence-corrected chi connectivity index (χ0v) is 20.6. The van der Waals surface area contributed by atoms with E-state index in [9.17, 15) is 20.1 Å². The molecule has 0 bridgehead atoms. The Morgan fingerprint density at radius 3 is 2.50 bits per heavy atom. The SMILES string of the molecule is C[C@@H]1C(CCC(C)(C)O)OC2CC3C4CC(=O)[C@H]5CC(O)C(O)CC5(C)C4CCC3(C)C21. The van der Waals surface area contributed by atoms with E-state index in [0.29, 0.717) is 54.6 Å². The number of ketones is 1. The van der Waals surface area contributed by atoms with E-state index in [0.717, 1.165) is 25.7 Å². The molecule has 5 heteroatoms. The summed E-state index contributed by atoms with van der Waals surface area (Å²) in [6.45, 7) is 10.8. The predicted octanol–water partition coefficient (Wildman–Crippen LogP) is 3.72. The van der Waals surface area contributed by atoms with Crippen LogP contribution in [0.15, 0.2) is 0 Å². The molecule has 5 fully saturated rings. The highest BCUT2D eigenvalue weighted by molar-refractivity contribution is 5.83. The van der Waals surface area contributed by atoms with E-state index in [1.165, 1.54) is 6.42 Å². The number of hydrogen-bond acceptors (Lipinski definition) is 5. The summed E-state index contributed by atoms with van der Waals surface area (Å²) in [5.41, 5.74) is -0.651. The van der Waals surface area contributed by atoms with Crippen LogP contribution in [0.2, 0.25) is 0 Å². The molecule has 12 atom stereocenters. The van der Waals surface area contributed by atoms with Gasteiger partial charge in [0.1, 0.15) is 5.78 Å². The van der Waals surface area contributed by atoms with Crippen LogP contribution in [0.5, 0.6) is 0 Å². The highest BCUT2D eigenvalue weighted by Crippen LogP contribution is 2.69. The first kappa shape index (κ1) is 23.3. The highest BCUT2D eigenvalue weighted by Gasteiger charge is 2.67.